The molecule has 7 amide bonds. The number of aliphatic hydroxyl groups excluding tert-OH is 1. The van der Waals surface area contributed by atoms with Gasteiger partial charge >= 0.3 is 0 Å². The number of carbonyl (C=O) groups excluding carboxylic acids is 7. The monoisotopic (exact) mass is 829 g/mol. The Bertz CT molecular complexity index is 2050. The van der Waals surface area contributed by atoms with Crippen LogP contribution >= 0.6 is 0 Å². The Morgan fingerprint density at radius 1 is 0.800 bits per heavy atom. The van der Waals surface area contributed by atoms with Crippen LogP contribution in [0.1, 0.15) is 56.6 Å². The summed E-state index contributed by atoms with van der Waals surface area (Å²) in [5, 5.41) is 25.1. The van der Waals surface area contributed by atoms with Crippen molar-refractivity contribution >= 4 is 58.2 Å². The Balaban J connectivity index is 1.51. The molecule has 2 aliphatic rings. The number of hydrogen-bond acceptors (Lipinski definition) is 9. The summed E-state index contributed by atoms with van der Waals surface area (Å²) in [4.78, 5) is 104. The van der Waals surface area contributed by atoms with E-state index in [0.29, 0.717) is 24.0 Å². The molecule has 60 heavy (non-hydrogen) atoms. The van der Waals surface area contributed by atoms with E-state index in [0.717, 1.165) is 15.8 Å². The molecule has 0 spiro atoms. The molecule has 0 bridgehead atoms. The molecule has 19 nitrogen and oxygen atoms in total. The van der Waals surface area contributed by atoms with Gasteiger partial charge in [0.15, 0.2) is 5.96 Å². The van der Waals surface area contributed by atoms with Crippen molar-refractivity contribution in [3.05, 3.63) is 71.9 Å². The fourth-order valence-corrected chi connectivity index (χ4v) is 7.44. The van der Waals surface area contributed by atoms with Crippen molar-refractivity contribution in [2.75, 3.05) is 19.6 Å². The number of aromatic nitrogens is 1. The van der Waals surface area contributed by atoms with E-state index in [2.05, 4.69) is 36.6 Å². The molecular weight excluding hydrogens is 775 g/mol. The Labute approximate surface area is 347 Å². The van der Waals surface area contributed by atoms with E-state index in [-0.39, 0.29) is 64.1 Å². The lowest BCUT2D eigenvalue weighted by Crippen LogP contribution is -2.59. The normalized spacial score (nSPS) is 25.4. The van der Waals surface area contributed by atoms with Gasteiger partial charge in [0.1, 0.15) is 36.1 Å². The predicted molar refractivity (Wildman–Crippen MR) is 221 cm³/mol. The molecule has 0 radical (unpaired) electrons. The summed E-state index contributed by atoms with van der Waals surface area (Å²) in [5.74, 6) is -6.44. The number of H-pyrrole nitrogens is 1. The second kappa shape index (κ2) is 21.0. The second-order valence-electron chi connectivity index (χ2n) is 15.3. The first-order valence-electron chi connectivity index (χ1n) is 20.1. The number of aromatic amines is 1. The van der Waals surface area contributed by atoms with Crippen LogP contribution < -0.4 is 43.8 Å². The minimum Gasteiger partial charge on any atom is -0.391 e. The number of rotatable bonds is 9. The third-order valence-corrected chi connectivity index (χ3v) is 10.7. The van der Waals surface area contributed by atoms with Gasteiger partial charge < -0.3 is 58.8 Å². The smallest absolute Gasteiger partial charge is 0.243 e. The molecule has 1 aromatic heterocycles. The average Bonchev–Trinajstić information content (AvgIpc) is 3.83. The van der Waals surface area contributed by atoms with E-state index in [1.165, 1.54) is 6.92 Å². The van der Waals surface area contributed by atoms with Gasteiger partial charge in [-0.05, 0) is 56.2 Å². The summed E-state index contributed by atoms with van der Waals surface area (Å²) in [6.07, 6.45) is 1.50. The minimum absolute atomic E-state index is 0.00272. The highest BCUT2D eigenvalue weighted by molar-refractivity contribution is 6.02. The van der Waals surface area contributed by atoms with Gasteiger partial charge in [-0.2, -0.15) is 0 Å². The zero-order valence-corrected chi connectivity index (χ0v) is 33.5. The summed E-state index contributed by atoms with van der Waals surface area (Å²) >= 11 is 0. The van der Waals surface area contributed by atoms with E-state index in [1.54, 1.807) is 36.5 Å². The van der Waals surface area contributed by atoms with Crippen LogP contribution in [0.3, 0.4) is 0 Å². The number of guanidine groups is 1. The van der Waals surface area contributed by atoms with E-state index in [1.807, 2.05) is 24.3 Å². The largest absolute Gasteiger partial charge is 0.391 e. The van der Waals surface area contributed by atoms with Gasteiger partial charge in [-0.25, -0.2) is 0 Å². The third-order valence-electron chi connectivity index (χ3n) is 10.7. The van der Waals surface area contributed by atoms with Gasteiger partial charge in [0.05, 0.1) is 6.10 Å². The van der Waals surface area contributed by atoms with Gasteiger partial charge in [0, 0.05) is 56.0 Å². The maximum atomic E-state index is 14.3. The molecule has 2 aromatic carbocycles. The molecule has 7 atom stereocenters. The number of fused-ring (bicyclic) bond motifs is 2. The van der Waals surface area contributed by atoms with Crippen molar-refractivity contribution in [2.45, 2.75) is 94.6 Å². The predicted octanol–water partition coefficient (Wildman–Crippen LogP) is -1.67. The fourth-order valence-electron chi connectivity index (χ4n) is 7.44. The quantitative estimate of drug-likeness (QED) is 0.0506. The standard InChI is InChI=1S/C41H55N11O8/c1-23-35(55)45-16-8-7-14-29(34(42)54)48-38(58)32(19-25-21-47-28-13-6-5-12-27(25)28)50-36(56)30(15-9-17-46-41(43)44)49-37(57)31(18-24-10-3-2-4-11-24)51-39(59)33-20-26(53)22-52(33)40(23)60/h2-6,10-13,21,23,26,29-33,47,53H,7-9,14-20,22H2,1H3,(H2,42,54)(H,45,55)(H,48,58)(H,49,57)(H,50,56)(H,51,59)(H4,43,44,46)/t23?,26-,29+,30+,31-,32+,33+/m1/s1. The van der Waals surface area contributed by atoms with Crippen LogP contribution in [0.25, 0.3) is 10.9 Å². The van der Waals surface area contributed by atoms with Crippen LogP contribution in [0, 0.1) is 5.92 Å². The van der Waals surface area contributed by atoms with Gasteiger partial charge in [0.2, 0.25) is 41.4 Å². The molecular formula is C41H55N11O8. The number of amides is 7. The average molecular weight is 830 g/mol. The maximum Gasteiger partial charge on any atom is 0.243 e. The first-order chi connectivity index (χ1) is 28.7. The lowest BCUT2D eigenvalue weighted by atomic mass is 10.0. The number of hydrogen-bond donors (Lipinski definition) is 10. The number of nitrogens with zero attached hydrogens (tertiary/aromatic N) is 2. The Morgan fingerprint density at radius 2 is 1.45 bits per heavy atom. The van der Waals surface area contributed by atoms with Crippen molar-refractivity contribution < 1.29 is 38.7 Å². The highest BCUT2D eigenvalue weighted by Gasteiger charge is 2.43. The van der Waals surface area contributed by atoms with Gasteiger partial charge in [-0.15, -0.1) is 0 Å². The summed E-state index contributed by atoms with van der Waals surface area (Å²) in [5.41, 5.74) is 18.9. The van der Waals surface area contributed by atoms with Crippen molar-refractivity contribution in [2.24, 2.45) is 28.1 Å². The third kappa shape index (κ3) is 12.0. The lowest BCUT2D eigenvalue weighted by molar-refractivity contribution is -0.146. The molecule has 0 saturated carbocycles. The number of nitrogens with one attached hydrogen (secondary N) is 6. The van der Waals surface area contributed by atoms with Crippen molar-refractivity contribution in [3.8, 4) is 0 Å². The van der Waals surface area contributed by atoms with Crippen LogP contribution in [0.2, 0.25) is 0 Å². The molecule has 322 valence electrons. The van der Waals surface area contributed by atoms with Gasteiger partial charge in [-0.1, -0.05) is 48.5 Å². The first-order valence-corrected chi connectivity index (χ1v) is 20.1. The molecule has 1 unspecified atom stereocenters. The van der Waals surface area contributed by atoms with Crippen LogP contribution in [0.15, 0.2) is 65.8 Å². The summed E-state index contributed by atoms with van der Waals surface area (Å²) in [6.45, 7) is 1.42. The molecule has 2 fully saturated rings. The zero-order valence-electron chi connectivity index (χ0n) is 33.5. The molecule has 2 saturated heterocycles. The zero-order chi connectivity index (χ0) is 43.3. The molecule has 13 N–H and O–H groups in total. The summed E-state index contributed by atoms with van der Waals surface area (Å²) < 4.78 is 0. The molecule has 3 heterocycles. The minimum atomic E-state index is -1.29. The highest BCUT2D eigenvalue weighted by Crippen LogP contribution is 2.22. The number of aliphatic imine (C=N–C) groups is 1. The molecule has 19 heteroatoms. The van der Waals surface area contributed by atoms with Crippen molar-refractivity contribution in [1.29, 1.82) is 0 Å². The highest BCUT2D eigenvalue weighted by atomic mass is 16.3. The Kier molecular flexibility index (Phi) is 15.6. The first kappa shape index (κ1) is 44.6. The summed E-state index contributed by atoms with van der Waals surface area (Å²) in [6, 6.07) is 10.0. The van der Waals surface area contributed by atoms with Crippen molar-refractivity contribution in [3.63, 3.8) is 0 Å². The van der Waals surface area contributed by atoms with Crippen molar-refractivity contribution in [1.82, 2.24) is 36.5 Å². The summed E-state index contributed by atoms with van der Waals surface area (Å²) in [7, 11) is 0. The number of nitrogens with two attached hydrogens (primary N) is 3. The lowest BCUT2D eigenvalue weighted by Gasteiger charge is -2.29. The number of aliphatic hydroxyl groups is 1. The SMILES string of the molecule is CC1C(=O)NCCCC[C@@H](C(N)=O)NC(=O)[C@H](Cc2c[nH]c3ccccc23)NC(=O)[C@H](CCCN=C(N)N)NC(=O)[C@@H](Cc2ccccc2)NC(=O)[C@@H]2C[C@@H](O)CN2C1=O. The topological polar surface area (TPSA) is 309 Å². The second-order valence-corrected chi connectivity index (χ2v) is 15.3. The number of benzene rings is 2. The van der Waals surface area contributed by atoms with E-state index in [4.69, 9.17) is 17.2 Å². The Morgan fingerprint density at radius 3 is 2.18 bits per heavy atom. The Hall–Kier alpha value is -6.50. The van der Waals surface area contributed by atoms with Gasteiger partial charge in [-0.3, -0.25) is 38.6 Å². The number of carbonyl (C=O) groups is 7. The van der Waals surface area contributed by atoms with Crippen LogP contribution in [-0.2, 0) is 46.4 Å². The molecule has 5 rings (SSSR count). The van der Waals surface area contributed by atoms with E-state index >= 15 is 0 Å². The number of para-hydroxylation sites is 1. The van der Waals surface area contributed by atoms with Crippen LogP contribution in [0.4, 0.5) is 0 Å². The van der Waals surface area contributed by atoms with E-state index < -0.39 is 83.6 Å². The molecule has 0 aliphatic carbocycles. The fraction of sp³-hybridized carbons (Fsp3) is 0.463. The molecule has 3 aromatic rings. The van der Waals surface area contributed by atoms with E-state index in [9.17, 15) is 38.7 Å². The maximum absolute atomic E-state index is 14.3. The van der Waals surface area contributed by atoms with Crippen LogP contribution in [0.5, 0.6) is 0 Å². The van der Waals surface area contributed by atoms with Crippen LogP contribution in [-0.4, -0.2) is 118 Å². The molecule has 2 aliphatic heterocycles. The van der Waals surface area contributed by atoms with Gasteiger partial charge in [0.25, 0.3) is 0 Å². The number of primary amides is 1.